The fourth-order valence-corrected chi connectivity index (χ4v) is 2.05. The van der Waals surface area contributed by atoms with E-state index in [0.717, 1.165) is 13.1 Å². The standard InChI is InChI=1S/C11H19N5O/c1-17-9-10(12)14-8-15-11(9)13-4-7-16-5-2-3-6-16/h8H,2-7H2,1H3,(H3,12,13,14,15). The summed E-state index contributed by atoms with van der Waals surface area (Å²) in [6.45, 7) is 4.26. The normalized spacial score (nSPS) is 16.1. The summed E-state index contributed by atoms with van der Waals surface area (Å²) in [5.41, 5.74) is 5.70. The minimum Gasteiger partial charge on any atom is -0.490 e. The molecule has 94 valence electrons. The lowest BCUT2D eigenvalue weighted by Crippen LogP contribution is -2.26. The Bertz CT molecular complexity index is 365. The maximum Gasteiger partial charge on any atom is 0.203 e. The van der Waals surface area contributed by atoms with Gasteiger partial charge in [-0.3, -0.25) is 0 Å². The summed E-state index contributed by atoms with van der Waals surface area (Å²) in [5, 5.41) is 3.23. The summed E-state index contributed by atoms with van der Waals surface area (Å²) in [6.07, 6.45) is 4.06. The SMILES string of the molecule is COc1c(N)ncnc1NCCN1CCCC1. The summed E-state index contributed by atoms with van der Waals surface area (Å²) >= 11 is 0. The van der Waals surface area contributed by atoms with E-state index >= 15 is 0 Å². The van der Waals surface area contributed by atoms with Crippen LogP contribution in [0.1, 0.15) is 12.8 Å². The topological polar surface area (TPSA) is 76.3 Å². The van der Waals surface area contributed by atoms with E-state index in [-0.39, 0.29) is 0 Å². The molecule has 1 aromatic heterocycles. The second-order valence-electron chi connectivity index (χ2n) is 4.12. The predicted octanol–water partition coefficient (Wildman–Crippen LogP) is 0.575. The van der Waals surface area contributed by atoms with Crippen molar-refractivity contribution in [2.24, 2.45) is 0 Å². The van der Waals surface area contributed by atoms with Crippen LogP contribution in [0.25, 0.3) is 0 Å². The molecule has 0 bridgehead atoms. The van der Waals surface area contributed by atoms with Crippen LogP contribution in [0.2, 0.25) is 0 Å². The van der Waals surface area contributed by atoms with E-state index in [1.807, 2.05) is 0 Å². The van der Waals surface area contributed by atoms with Crippen LogP contribution in [-0.4, -0.2) is 48.2 Å². The Morgan fingerprint density at radius 3 is 2.88 bits per heavy atom. The van der Waals surface area contributed by atoms with E-state index < -0.39 is 0 Å². The molecule has 6 heteroatoms. The van der Waals surface area contributed by atoms with Gasteiger partial charge in [0.15, 0.2) is 11.6 Å². The maximum absolute atomic E-state index is 5.70. The Morgan fingerprint density at radius 1 is 1.41 bits per heavy atom. The minimum atomic E-state index is 0.367. The van der Waals surface area contributed by atoms with Crippen LogP contribution in [0, 0.1) is 0 Å². The van der Waals surface area contributed by atoms with Gasteiger partial charge in [0, 0.05) is 13.1 Å². The first kappa shape index (κ1) is 11.9. The zero-order valence-corrected chi connectivity index (χ0v) is 10.1. The second kappa shape index (κ2) is 5.67. The van der Waals surface area contributed by atoms with Crippen molar-refractivity contribution < 1.29 is 4.74 Å². The predicted molar refractivity (Wildman–Crippen MR) is 67.2 cm³/mol. The van der Waals surface area contributed by atoms with Crippen molar-refractivity contribution in [1.82, 2.24) is 14.9 Å². The van der Waals surface area contributed by atoms with Crippen LogP contribution < -0.4 is 15.8 Å². The van der Waals surface area contributed by atoms with E-state index in [0.29, 0.717) is 17.4 Å². The molecule has 1 aliphatic rings. The van der Waals surface area contributed by atoms with Crippen LogP contribution in [0.3, 0.4) is 0 Å². The van der Waals surface area contributed by atoms with E-state index in [1.165, 1.54) is 32.3 Å². The Morgan fingerprint density at radius 2 is 2.18 bits per heavy atom. The van der Waals surface area contributed by atoms with Gasteiger partial charge in [0.05, 0.1) is 7.11 Å². The van der Waals surface area contributed by atoms with Crippen molar-refractivity contribution in [3.05, 3.63) is 6.33 Å². The average molecular weight is 237 g/mol. The number of nitrogens with two attached hydrogens (primary N) is 1. The molecule has 6 nitrogen and oxygen atoms in total. The molecular formula is C11H19N5O. The van der Waals surface area contributed by atoms with Crippen LogP contribution in [-0.2, 0) is 0 Å². The van der Waals surface area contributed by atoms with Gasteiger partial charge in [0.2, 0.25) is 5.75 Å². The number of anilines is 2. The monoisotopic (exact) mass is 237 g/mol. The first-order chi connectivity index (χ1) is 8.31. The fourth-order valence-electron chi connectivity index (χ4n) is 2.05. The Hall–Kier alpha value is -1.56. The fraction of sp³-hybridized carbons (Fsp3) is 0.636. The molecule has 0 spiro atoms. The van der Waals surface area contributed by atoms with Crippen molar-refractivity contribution in [2.75, 3.05) is 44.3 Å². The maximum atomic E-state index is 5.70. The molecule has 2 heterocycles. The highest BCUT2D eigenvalue weighted by molar-refractivity contribution is 5.61. The molecule has 1 aromatic rings. The van der Waals surface area contributed by atoms with Crippen LogP contribution in [0.15, 0.2) is 6.33 Å². The highest BCUT2D eigenvalue weighted by Gasteiger charge is 2.12. The molecule has 0 radical (unpaired) electrons. The quantitative estimate of drug-likeness (QED) is 0.780. The molecule has 0 atom stereocenters. The van der Waals surface area contributed by atoms with Crippen LogP contribution in [0.4, 0.5) is 11.6 Å². The third-order valence-corrected chi connectivity index (χ3v) is 2.95. The van der Waals surface area contributed by atoms with E-state index in [4.69, 9.17) is 10.5 Å². The molecule has 0 aromatic carbocycles. The van der Waals surface area contributed by atoms with Crippen molar-refractivity contribution >= 4 is 11.6 Å². The van der Waals surface area contributed by atoms with Gasteiger partial charge >= 0.3 is 0 Å². The molecule has 0 saturated carbocycles. The number of aromatic nitrogens is 2. The van der Waals surface area contributed by atoms with Crippen molar-refractivity contribution in [3.8, 4) is 5.75 Å². The van der Waals surface area contributed by atoms with Gasteiger partial charge in [0.25, 0.3) is 0 Å². The summed E-state index contributed by atoms with van der Waals surface area (Å²) in [5.74, 6) is 1.55. The van der Waals surface area contributed by atoms with Gasteiger partial charge in [-0.05, 0) is 25.9 Å². The molecule has 2 rings (SSSR count). The average Bonchev–Trinajstić information content (AvgIpc) is 2.82. The van der Waals surface area contributed by atoms with Gasteiger partial charge < -0.3 is 20.7 Å². The molecule has 0 unspecified atom stereocenters. The van der Waals surface area contributed by atoms with Gasteiger partial charge in [-0.1, -0.05) is 0 Å². The van der Waals surface area contributed by atoms with Crippen molar-refractivity contribution in [3.63, 3.8) is 0 Å². The van der Waals surface area contributed by atoms with Gasteiger partial charge in [-0.25, -0.2) is 9.97 Å². The summed E-state index contributed by atoms with van der Waals surface area (Å²) in [6, 6.07) is 0. The number of rotatable bonds is 5. The number of hydrogen-bond donors (Lipinski definition) is 2. The van der Waals surface area contributed by atoms with Crippen LogP contribution >= 0.6 is 0 Å². The number of ether oxygens (including phenoxy) is 1. The molecule has 3 N–H and O–H groups in total. The van der Waals surface area contributed by atoms with E-state index in [2.05, 4.69) is 20.2 Å². The van der Waals surface area contributed by atoms with E-state index in [9.17, 15) is 0 Å². The third kappa shape index (κ3) is 2.97. The number of methoxy groups -OCH3 is 1. The third-order valence-electron chi connectivity index (χ3n) is 2.95. The summed E-state index contributed by atoms with van der Waals surface area (Å²) in [4.78, 5) is 10.5. The second-order valence-corrected chi connectivity index (χ2v) is 4.12. The molecule has 1 saturated heterocycles. The number of hydrogen-bond acceptors (Lipinski definition) is 6. The largest absolute Gasteiger partial charge is 0.490 e. The molecule has 17 heavy (non-hydrogen) atoms. The highest BCUT2D eigenvalue weighted by atomic mass is 16.5. The Labute approximate surface area is 101 Å². The smallest absolute Gasteiger partial charge is 0.203 e. The zero-order chi connectivity index (χ0) is 12.1. The minimum absolute atomic E-state index is 0.367. The highest BCUT2D eigenvalue weighted by Crippen LogP contribution is 2.25. The first-order valence-electron chi connectivity index (χ1n) is 5.92. The Balaban J connectivity index is 1.87. The molecule has 1 aliphatic heterocycles. The van der Waals surface area contributed by atoms with Crippen molar-refractivity contribution in [2.45, 2.75) is 12.8 Å². The lowest BCUT2D eigenvalue weighted by Gasteiger charge is -2.16. The molecule has 0 aliphatic carbocycles. The lowest BCUT2D eigenvalue weighted by atomic mass is 10.4. The van der Waals surface area contributed by atoms with Gasteiger partial charge in [-0.2, -0.15) is 0 Å². The first-order valence-corrected chi connectivity index (χ1v) is 5.92. The van der Waals surface area contributed by atoms with Gasteiger partial charge in [-0.15, -0.1) is 0 Å². The van der Waals surface area contributed by atoms with Crippen molar-refractivity contribution in [1.29, 1.82) is 0 Å². The molecule has 0 amide bonds. The molecule has 1 fully saturated rings. The van der Waals surface area contributed by atoms with Gasteiger partial charge in [0.1, 0.15) is 6.33 Å². The number of nitrogen functional groups attached to an aromatic ring is 1. The summed E-state index contributed by atoms with van der Waals surface area (Å²) < 4.78 is 5.17. The van der Waals surface area contributed by atoms with E-state index in [1.54, 1.807) is 7.11 Å². The number of nitrogens with one attached hydrogen (secondary N) is 1. The number of nitrogens with zero attached hydrogens (tertiary/aromatic N) is 3. The zero-order valence-electron chi connectivity index (χ0n) is 10.1. The number of likely N-dealkylation sites (tertiary alicyclic amines) is 1. The molecular weight excluding hydrogens is 218 g/mol. The Kier molecular flexibility index (Phi) is 3.98. The summed E-state index contributed by atoms with van der Waals surface area (Å²) in [7, 11) is 1.57. The lowest BCUT2D eigenvalue weighted by molar-refractivity contribution is 0.352. The van der Waals surface area contributed by atoms with Crippen LogP contribution in [0.5, 0.6) is 5.75 Å².